The topological polar surface area (TPSA) is 27.0 Å². The summed E-state index contributed by atoms with van der Waals surface area (Å²) in [6, 6.07) is 3.49. The van der Waals surface area contributed by atoms with Gasteiger partial charge in [0.05, 0.1) is 12.5 Å². The molecule has 0 aromatic rings. The lowest BCUT2D eigenvalue weighted by atomic mass is 10.1. The molecule has 0 spiro atoms. The Morgan fingerprint density at radius 1 is 1.38 bits per heavy atom. The highest BCUT2D eigenvalue weighted by molar-refractivity contribution is 4.90. The predicted octanol–water partition coefficient (Wildman–Crippen LogP) is 2.41. The maximum atomic E-state index is 8.65. The largest absolute Gasteiger partial charge is 0.296 e. The van der Waals surface area contributed by atoms with E-state index in [1.54, 1.807) is 0 Å². The molecular formula is C11H20N2. The van der Waals surface area contributed by atoms with Crippen molar-refractivity contribution in [1.82, 2.24) is 4.90 Å². The first kappa shape index (κ1) is 10.5. The molecule has 2 heteroatoms. The number of nitrogens with zero attached hydrogens (tertiary/aromatic N) is 2. The van der Waals surface area contributed by atoms with Crippen molar-refractivity contribution in [3.8, 4) is 6.07 Å². The van der Waals surface area contributed by atoms with Crippen LogP contribution in [0.2, 0.25) is 0 Å². The molecule has 74 valence electrons. The van der Waals surface area contributed by atoms with Crippen molar-refractivity contribution in [2.24, 2.45) is 5.92 Å². The van der Waals surface area contributed by atoms with E-state index in [-0.39, 0.29) is 0 Å². The normalized spacial score (nSPS) is 19.1. The fourth-order valence-corrected chi connectivity index (χ4v) is 1.77. The minimum absolute atomic E-state index is 0.444. The third-order valence-corrected chi connectivity index (χ3v) is 2.54. The average Bonchev–Trinajstić information content (AvgIpc) is 2.82. The Morgan fingerprint density at radius 3 is 2.38 bits per heavy atom. The van der Waals surface area contributed by atoms with E-state index in [4.69, 9.17) is 5.26 Å². The monoisotopic (exact) mass is 180 g/mol. The Labute approximate surface area is 81.5 Å². The Hall–Kier alpha value is -0.550. The number of nitriles is 1. The summed E-state index contributed by atoms with van der Waals surface area (Å²) < 4.78 is 0. The van der Waals surface area contributed by atoms with Crippen molar-refractivity contribution in [2.75, 3.05) is 6.54 Å². The summed E-state index contributed by atoms with van der Waals surface area (Å²) in [6.45, 7) is 7.81. The molecule has 1 rings (SSSR count). The van der Waals surface area contributed by atoms with Gasteiger partial charge >= 0.3 is 0 Å². The molecule has 13 heavy (non-hydrogen) atoms. The summed E-state index contributed by atoms with van der Waals surface area (Å²) in [5.41, 5.74) is 0. The van der Waals surface area contributed by atoms with Crippen LogP contribution < -0.4 is 0 Å². The van der Waals surface area contributed by atoms with E-state index in [1.807, 2.05) is 0 Å². The second kappa shape index (κ2) is 4.62. The van der Waals surface area contributed by atoms with Crippen LogP contribution in [0.15, 0.2) is 0 Å². The lowest BCUT2D eigenvalue weighted by Crippen LogP contribution is -2.37. The van der Waals surface area contributed by atoms with Gasteiger partial charge < -0.3 is 0 Å². The van der Waals surface area contributed by atoms with Crippen molar-refractivity contribution < 1.29 is 0 Å². The van der Waals surface area contributed by atoms with E-state index in [2.05, 4.69) is 31.7 Å². The lowest BCUT2D eigenvalue weighted by molar-refractivity contribution is 0.178. The molecule has 0 saturated heterocycles. The standard InChI is InChI=1S/C11H20N2/c1-9(2)8-13(11-4-5-11)10(3)6-7-12/h9-11H,4-6,8H2,1-3H3. The van der Waals surface area contributed by atoms with Crippen LogP contribution in [0, 0.1) is 17.2 Å². The second-order valence-electron chi connectivity index (χ2n) is 4.53. The summed E-state index contributed by atoms with van der Waals surface area (Å²) in [7, 11) is 0. The third-order valence-electron chi connectivity index (χ3n) is 2.54. The summed E-state index contributed by atoms with van der Waals surface area (Å²) in [5.74, 6) is 0.710. The second-order valence-corrected chi connectivity index (χ2v) is 4.53. The number of hydrogen-bond donors (Lipinski definition) is 0. The molecule has 1 unspecified atom stereocenters. The molecule has 0 aromatic heterocycles. The van der Waals surface area contributed by atoms with E-state index in [9.17, 15) is 0 Å². The number of hydrogen-bond acceptors (Lipinski definition) is 2. The van der Waals surface area contributed by atoms with Gasteiger partial charge in [0.15, 0.2) is 0 Å². The van der Waals surface area contributed by atoms with Gasteiger partial charge in [-0.3, -0.25) is 4.90 Å². The van der Waals surface area contributed by atoms with Gasteiger partial charge in [-0.25, -0.2) is 0 Å². The SMILES string of the molecule is CC(C)CN(C(C)CC#N)C1CC1. The minimum atomic E-state index is 0.444. The van der Waals surface area contributed by atoms with Gasteiger partial charge in [-0.1, -0.05) is 13.8 Å². The summed E-state index contributed by atoms with van der Waals surface area (Å²) in [5, 5.41) is 8.65. The molecule has 1 aliphatic carbocycles. The molecule has 1 saturated carbocycles. The summed E-state index contributed by atoms with van der Waals surface area (Å²) >= 11 is 0. The van der Waals surface area contributed by atoms with Crippen molar-refractivity contribution in [3.63, 3.8) is 0 Å². The van der Waals surface area contributed by atoms with Crippen LogP contribution in [0.25, 0.3) is 0 Å². The molecule has 0 radical (unpaired) electrons. The zero-order chi connectivity index (χ0) is 9.84. The highest BCUT2D eigenvalue weighted by Gasteiger charge is 2.32. The van der Waals surface area contributed by atoms with Crippen LogP contribution in [-0.4, -0.2) is 23.5 Å². The van der Waals surface area contributed by atoms with Crippen molar-refractivity contribution in [1.29, 1.82) is 5.26 Å². The Balaban J connectivity index is 2.41. The average molecular weight is 180 g/mol. The highest BCUT2D eigenvalue weighted by atomic mass is 15.2. The van der Waals surface area contributed by atoms with Crippen LogP contribution in [0.1, 0.15) is 40.0 Å². The Bertz CT molecular complexity index is 189. The third kappa shape index (κ3) is 3.36. The summed E-state index contributed by atoms with van der Waals surface area (Å²) in [6.07, 6.45) is 3.34. The van der Waals surface area contributed by atoms with E-state index in [1.165, 1.54) is 12.8 Å². The van der Waals surface area contributed by atoms with Gasteiger partial charge in [0.2, 0.25) is 0 Å². The quantitative estimate of drug-likeness (QED) is 0.649. The molecule has 1 aliphatic rings. The van der Waals surface area contributed by atoms with E-state index in [0.717, 1.165) is 12.6 Å². The molecule has 0 heterocycles. The van der Waals surface area contributed by atoms with Crippen LogP contribution in [0.5, 0.6) is 0 Å². The van der Waals surface area contributed by atoms with Crippen molar-refractivity contribution in [2.45, 2.75) is 52.1 Å². The number of rotatable bonds is 5. The van der Waals surface area contributed by atoms with E-state index < -0.39 is 0 Å². The van der Waals surface area contributed by atoms with Gasteiger partial charge in [0.1, 0.15) is 0 Å². The Morgan fingerprint density at radius 2 is 2.00 bits per heavy atom. The molecule has 1 atom stereocenters. The van der Waals surface area contributed by atoms with Crippen molar-refractivity contribution >= 4 is 0 Å². The smallest absolute Gasteiger partial charge is 0.0638 e. The fourth-order valence-electron chi connectivity index (χ4n) is 1.77. The van der Waals surface area contributed by atoms with E-state index in [0.29, 0.717) is 18.4 Å². The van der Waals surface area contributed by atoms with Crippen LogP contribution in [0.4, 0.5) is 0 Å². The first-order valence-corrected chi connectivity index (χ1v) is 5.27. The van der Waals surface area contributed by atoms with Gasteiger partial charge in [-0.05, 0) is 25.7 Å². The minimum Gasteiger partial charge on any atom is -0.296 e. The summed E-state index contributed by atoms with van der Waals surface area (Å²) in [4.78, 5) is 2.51. The van der Waals surface area contributed by atoms with Gasteiger partial charge in [0.25, 0.3) is 0 Å². The highest BCUT2D eigenvalue weighted by Crippen LogP contribution is 2.29. The molecule has 0 amide bonds. The Kier molecular flexibility index (Phi) is 3.74. The van der Waals surface area contributed by atoms with Crippen molar-refractivity contribution in [3.05, 3.63) is 0 Å². The van der Waals surface area contributed by atoms with E-state index >= 15 is 0 Å². The molecule has 2 nitrogen and oxygen atoms in total. The van der Waals surface area contributed by atoms with Crippen LogP contribution >= 0.6 is 0 Å². The molecule has 0 N–H and O–H groups in total. The maximum absolute atomic E-state index is 8.65. The van der Waals surface area contributed by atoms with Crippen LogP contribution in [0.3, 0.4) is 0 Å². The molecule has 0 aromatic carbocycles. The maximum Gasteiger partial charge on any atom is 0.0638 e. The molecule has 0 bridgehead atoms. The van der Waals surface area contributed by atoms with Gasteiger partial charge in [-0.2, -0.15) is 5.26 Å². The predicted molar refractivity (Wildman–Crippen MR) is 54.3 cm³/mol. The first-order chi connectivity index (χ1) is 6.15. The molecular weight excluding hydrogens is 160 g/mol. The molecule has 1 fully saturated rings. The molecule has 0 aliphatic heterocycles. The van der Waals surface area contributed by atoms with Crippen LogP contribution in [-0.2, 0) is 0 Å². The zero-order valence-corrected chi connectivity index (χ0v) is 8.95. The fraction of sp³-hybridized carbons (Fsp3) is 0.909. The zero-order valence-electron chi connectivity index (χ0n) is 8.95. The van der Waals surface area contributed by atoms with Gasteiger partial charge in [-0.15, -0.1) is 0 Å². The first-order valence-electron chi connectivity index (χ1n) is 5.27. The van der Waals surface area contributed by atoms with Gasteiger partial charge in [0, 0.05) is 18.6 Å². The lowest BCUT2D eigenvalue weighted by Gasteiger charge is -2.29.